The van der Waals surface area contributed by atoms with E-state index in [1.165, 1.54) is 0 Å². The Balaban J connectivity index is 2.09. The maximum Gasteiger partial charge on any atom is 0.511 e. The van der Waals surface area contributed by atoms with Gasteiger partial charge in [-0.05, 0) is 49.7 Å². The summed E-state index contributed by atoms with van der Waals surface area (Å²) in [6.07, 6.45) is 1.27. The standard InChI is InChI=1S/C18H23N3O4/c1-9(2)18(4)16(22)20-15(21-18)14-13(25-17(23)24)8-11-7-10(3)5-6-12(11)19-14/h8-10H,5-7H2,1-4H3,(H,23,24)(H,20,21,22). The molecular formula is C18H23N3O4. The Hall–Kier alpha value is -2.44. The molecule has 0 spiro atoms. The minimum atomic E-state index is -1.41. The van der Waals surface area contributed by atoms with Gasteiger partial charge in [0.1, 0.15) is 11.2 Å². The zero-order valence-electron chi connectivity index (χ0n) is 14.9. The first kappa shape index (κ1) is 17.4. The number of aryl methyl sites for hydroxylation is 1. The van der Waals surface area contributed by atoms with Crippen molar-refractivity contribution in [2.45, 2.75) is 52.5 Å². The molecule has 1 aromatic heterocycles. The number of carbonyl (C=O) groups excluding carboxylic acids is 1. The van der Waals surface area contributed by atoms with Crippen LogP contribution in [-0.4, -0.2) is 33.5 Å². The van der Waals surface area contributed by atoms with Crippen molar-refractivity contribution in [2.75, 3.05) is 0 Å². The molecule has 0 bridgehead atoms. The molecule has 0 saturated carbocycles. The first-order chi connectivity index (χ1) is 11.7. The van der Waals surface area contributed by atoms with Crippen molar-refractivity contribution in [1.29, 1.82) is 0 Å². The Kier molecular flexibility index (Phi) is 4.26. The number of pyridine rings is 1. The van der Waals surface area contributed by atoms with Crippen LogP contribution in [0.15, 0.2) is 11.1 Å². The van der Waals surface area contributed by atoms with Crippen molar-refractivity contribution >= 4 is 17.9 Å². The summed E-state index contributed by atoms with van der Waals surface area (Å²) in [6.45, 7) is 7.76. The number of hydrogen-bond acceptors (Lipinski definition) is 5. The summed E-state index contributed by atoms with van der Waals surface area (Å²) >= 11 is 0. The van der Waals surface area contributed by atoms with Gasteiger partial charge in [-0.3, -0.25) is 4.79 Å². The largest absolute Gasteiger partial charge is 0.511 e. The first-order valence-electron chi connectivity index (χ1n) is 8.56. The van der Waals surface area contributed by atoms with E-state index in [2.05, 4.69) is 22.2 Å². The second-order valence-electron chi connectivity index (χ2n) is 7.37. The Morgan fingerprint density at radius 3 is 2.80 bits per heavy atom. The molecule has 2 N–H and O–H groups in total. The second-order valence-corrected chi connectivity index (χ2v) is 7.37. The van der Waals surface area contributed by atoms with Gasteiger partial charge in [0, 0.05) is 5.69 Å². The SMILES string of the molecule is CC1CCc2nc(C3=NC(C)(C(C)C)C(=O)N3)c(OC(=O)O)cc2C1. The van der Waals surface area contributed by atoms with Gasteiger partial charge < -0.3 is 15.2 Å². The quantitative estimate of drug-likeness (QED) is 0.820. The van der Waals surface area contributed by atoms with Gasteiger partial charge in [-0.2, -0.15) is 0 Å². The molecule has 2 heterocycles. The maximum atomic E-state index is 12.4. The Morgan fingerprint density at radius 1 is 1.48 bits per heavy atom. The van der Waals surface area contributed by atoms with E-state index in [0.29, 0.717) is 5.92 Å². The third-order valence-electron chi connectivity index (χ3n) is 5.18. The molecule has 0 fully saturated rings. The van der Waals surface area contributed by atoms with Crippen LogP contribution in [-0.2, 0) is 17.6 Å². The van der Waals surface area contributed by atoms with Crippen LogP contribution >= 0.6 is 0 Å². The molecule has 25 heavy (non-hydrogen) atoms. The van der Waals surface area contributed by atoms with E-state index in [1.807, 2.05) is 13.8 Å². The summed E-state index contributed by atoms with van der Waals surface area (Å²) in [7, 11) is 0. The fraction of sp³-hybridized carbons (Fsp3) is 0.556. The van der Waals surface area contributed by atoms with E-state index in [9.17, 15) is 9.59 Å². The predicted octanol–water partition coefficient (Wildman–Crippen LogP) is 2.55. The molecule has 1 aliphatic carbocycles. The van der Waals surface area contributed by atoms with Gasteiger partial charge in [0.25, 0.3) is 5.91 Å². The highest BCUT2D eigenvalue weighted by Gasteiger charge is 2.43. The van der Waals surface area contributed by atoms with Crippen LogP contribution < -0.4 is 10.1 Å². The van der Waals surface area contributed by atoms with Crippen LogP contribution in [0.4, 0.5) is 4.79 Å². The van der Waals surface area contributed by atoms with E-state index in [1.54, 1.807) is 13.0 Å². The number of aromatic nitrogens is 1. The Morgan fingerprint density at radius 2 is 2.20 bits per heavy atom. The number of nitrogens with one attached hydrogen (secondary N) is 1. The summed E-state index contributed by atoms with van der Waals surface area (Å²) in [5.41, 5.74) is 1.30. The van der Waals surface area contributed by atoms with Crippen molar-refractivity contribution < 1.29 is 19.4 Å². The van der Waals surface area contributed by atoms with Crippen molar-refractivity contribution in [2.24, 2.45) is 16.8 Å². The van der Waals surface area contributed by atoms with E-state index < -0.39 is 11.7 Å². The number of rotatable bonds is 3. The Bertz CT molecular complexity index is 772. The van der Waals surface area contributed by atoms with E-state index >= 15 is 0 Å². The van der Waals surface area contributed by atoms with E-state index in [0.717, 1.165) is 30.5 Å². The molecule has 0 radical (unpaired) electrons. The average molecular weight is 345 g/mol. The molecule has 1 aromatic rings. The fourth-order valence-electron chi connectivity index (χ4n) is 3.22. The van der Waals surface area contributed by atoms with Gasteiger partial charge in [0.05, 0.1) is 0 Å². The lowest BCUT2D eigenvalue weighted by Crippen LogP contribution is -2.41. The zero-order chi connectivity index (χ0) is 18.4. The normalized spacial score (nSPS) is 25.4. The average Bonchev–Trinajstić information content (AvgIpc) is 2.82. The van der Waals surface area contributed by atoms with E-state index in [4.69, 9.17) is 9.84 Å². The smallest absolute Gasteiger partial charge is 0.449 e. The highest BCUT2D eigenvalue weighted by atomic mass is 16.7. The monoisotopic (exact) mass is 345 g/mol. The summed E-state index contributed by atoms with van der Waals surface area (Å²) in [4.78, 5) is 32.6. The van der Waals surface area contributed by atoms with Crippen LogP contribution in [0, 0.1) is 11.8 Å². The predicted molar refractivity (Wildman–Crippen MR) is 92.0 cm³/mol. The molecule has 7 nitrogen and oxygen atoms in total. The first-order valence-corrected chi connectivity index (χ1v) is 8.56. The molecule has 3 rings (SSSR count). The minimum Gasteiger partial charge on any atom is -0.449 e. The number of aliphatic imine (C=N–C) groups is 1. The zero-order valence-corrected chi connectivity index (χ0v) is 14.9. The summed E-state index contributed by atoms with van der Waals surface area (Å²) in [6, 6.07) is 1.72. The lowest BCUT2D eigenvalue weighted by molar-refractivity contribution is -0.124. The topological polar surface area (TPSA) is 101 Å². The summed E-state index contributed by atoms with van der Waals surface area (Å²) in [5, 5.41) is 11.8. The number of amidine groups is 1. The highest BCUT2D eigenvalue weighted by Crippen LogP contribution is 2.32. The van der Waals surface area contributed by atoms with Crippen LogP contribution in [0.25, 0.3) is 0 Å². The molecule has 7 heteroatoms. The third kappa shape index (κ3) is 3.10. The minimum absolute atomic E-state index is 0.00711. The second kappa shape index (κ2) is 6.13. The van der Waals surface area contributed by atoms with Crippen molar-refractivity contribution in [1.82, 2.24) is 10.3 Å². The number of carboxylic acid groups (broad SMARTS) is 1. The Labute approximate surface area is 146 Å². The molecule has 0 aromatic carbocycles. The maximum absolute atomic E-state index is 12.4. The molecule has 2 atom stereocenters. The van der Waals surface area contributed by atoms with Crippen LogP contribution in [0.3, 0.4) is 0 Å². The van der Waals surface area contributed by atoms with Gasteiger partial charge >= 0.3 is 6.16 Å². The number of carbonyl (C=O) groups is 2. The lowest BCUT2D eigenvalue weighted by Gasteiger charge is -2.22. The lowest BCUT2D eigenvalue weighted by atomic mass is 9.87. The molecule has 0 saturated heterocycles. The van der Waals surface area contributed by atoms with E-state index in [-0.39, 0.29) is 29.1 Å². The van der Waals surface area contributed by atoms with Gasteiger partial charge in [0.15, 0.2) is 11.6 Å². The summed E-state index contributed by atoms with van der Waals surface area (Å²) < 4.78 is 4.94. The molecule has 1 amide bonds. The van der Waals surface area contributed by atoms with Gasteiger partial charge in [0.2, 0.25) is 0 Å². The van der Waals surface area contributed by atoms with Crippen LogP contribution in [0.5, 0.6) is 5.75 Å². The fourth-order valence-corrected chi connectivity index (χ4v) is 3.22. The molecule has 134 valence electrons. The van der Waals surface area contributed by atoms with Gasteiger partial charge in [-0.1, -0.05) is 20.8 Å². The number of fused-ring (bicyclic) bond motifs is 1. The highest BCUT2D eigenvalue weighted by molar-refractivity contribution is 6.15. The molecule has 2 aliphatic rings. The van der Waals surface area contributed by atoms with Crippen molar-refractivity contribution in [3.63, 3.8) is 0 Å². The van der Waals surface area contributed by atoms with Crippen molar-refractivity contribution in [3.05, 3.63) is 23.0 Å². The molecule has 1 aliphatic heterocycles. The number of hydrogen-bond donors (Lipinski definition) is 2. The number of ether oxygens (including phenoxy) is 1. The van der Waals surface area contributed by atoms with Gasteiger partial charge in [-0.25, -0.2) is 14.8 Å². The third-order valence-corrected chi connectivity index (χ3v) is 5.18. The van der Waals surface area contributed by atoms with Crippen LogP contribution in [0.1, 0.15) is 51.1 Å². The summed E-state index contributed by atoms with van der Waals surface area (Å²) in [5.74, 6) is 0.691. The number of nitrogens with zero attached hydrogens (tertiary/aromatic N) is 2. The van der Waals surface area contributed by atoms with Gasteiger partial charge in [-0.15, -0.1) is 0 Å². The van der Waals surface area contributed by atoms with Crippen molar-refractivity contribution in [3.8, 4) is 5.75 Å². The number of amides is 1. The molecular weight excluding hydrogens is 322 g/mol. The molecule has 2 unspecified atom stereocenters. The van der Waals surface area contributed by atoms with Crippen LogP contribution in [0.2, 0.25) is 0 Å².